The van der Waals surface area contributed by atoms with Crippen molar-refractivity contribution in [1.29, 1.82) is 0 Å². The first-order valence-electron chi connectivity index (χ1n) is 6.05. The van der Waals surface area contributed by atoms with E-state index in [0.717, 1.165) is 11.8 Å². The molecule has 0 saturated carbocycles. The summed E-state index contributed by atoms with van der Waals surface area (Å²) in [6.45, 7) is 3.79. The van der Waals surface area contributed by atoms with Crippen LogP contribution in [-0.2, 0) is 11.2 Å². The maximum atomic E-state index is 13.3. The van der Waals surface area contributed by atoms with Gasteiger partial charge in [0.15, 0.2) is 0 Å². The molecule has 0 amide bonds. The summed E-state index contributed by atoms with van der Waals surface area (Å²) in [6.07, 6.45) is 2.34. The van der Waals surface area contributed by atoms with Crippen LogP contribution in [0, 0.1) is 11.2 Å². The summed E-state index contributed by atoms with van der Waals surface area (Å²) in [5, 5.41) is 3.16. The normalized spacial score (nSPS) is 13.3. The molecule has 1 atom stereocenters. The Hall–Kier alpha value is -1.42. The van der Waals surface area contributed by atoms with Crippen LogP contribution in [0.3, 0.4) is 0 Å². The number of hydrogen-bond donors (Lipinski definition) is 2. The molecule has 3 nitrogen and oxygen atoms in total. The van der Waals surface area contributed by atoms with Crippen LogP contribution < -0.4 is 11.1 Å². The first kappa shape index (κ1) is 14.6. The average molecular weight is 252 g/mol. The fourth-order valence-corrected chi connectivity index (χ4v) is 1.94. The zero-order valence-corrected chi connectivity index (χ0v) is 11.2. The molecular weight excluding hydrogens is 231 g/mol. The smallest absolute Gasteiger partial charge is 0.146 e. The maximum absolute atomic E-state index is 13.3. The highest BCUT2D eigenvalue weighted by Crippen LogP contribution is 2.22. The Kier molecular flexibility index (Phi) is 4.84. The Balaban J connectivity index is 2.73. The second-order valence-corrected chi connectivity index (χ2v) is 5.36. The summed E-state index contributed by atoms with van der Waals surface area (Å²) in [4.78, 5) is 10.9. The fraction of sp³-hybridized carbons (Fsp3) is 0.500. The summed E-state index contributed by atoms with van der Waals surface area (Å²) in [7, 11) is 1.85. The van der Waals surface area contributed by atoms with Crippen LogP contribution in [0.5, 0.6) is 0 Å². The number of aldehydes is 1. The molecule has 4 heteroatoms. The van der Waals surface area contributed by atoms with E-state index >= 15 is 0 Å². The van der Waals surface area contributed by atoms with E-state index in [-0.39, 0.29) is 17.1 Å². The minimum Gasteiger partial charge on any atom is -0.396 e. The molecule has 0 aromatic heterocycles. The highest BCUT2D eigenvalue weighted by Gasteiger charge is 2.22. The first-order chi connectivity index (χ1) is 8.38. The van der Waals surface area contributed by atoms with Crippen molar-refractivity contribution >= 4 is 12.0 Å². The average Bonchev–Trinajstić information content (AvgIpc) is 2.33. The first-order valence-corrected chi connectivity index (χ1v) is 6.05. The molecule has 1 aromatic rings. The molecule has 18 heavy (non-hydrogen) atoms. The van der Waals surface area contributed by atoms with Gasteiger partial charge in [0.1, 0.15) is 12.1 Å². The van der Waals surface area contributed by atoms with E-state index in [2.05, 4.69) is 5.32 Å². The molecule has 1 rings (SSSR count). The molecule has 0 unspecified atom stereocenters. The van der Waals surface area contributed by atoms with Crippen molar-refractivity contribution in [3.8, 4) is 0 Å². The SMILES string of the molecule is CN[C@@H](Cc1ccc(N)c(F)c1)CC(C)(C)C=O. The van der Waals surface area contributed by atoms with Crippen LogP contribution in [0.15, 0.2) is 18.2 Å². The fourth-order valence-electron chi connectivity index (χ4n) is 1.94. The quantitative estimate of drug-likeness (QED) is 0.602. The third-order valence-corrected chi connectivity index (χ3v) is 3.05. The molecule has 0 heterocycles. The predicted octanol–water partition coefficient (Wildman–Crippen LogP) is 2.15. The van der Waals surface area contributed by atoms with Crippen molar-refractivity contribution < 1.29 is 9.18 Å². The van der Waals surface area contributed by atoms with E-state index in [1.807, 2.05) is 27.0 Å². The zero-order valence-electron chi connectivity index (χ0n) is 11.2. The standard InChI is InChI=1S/C14H21FN2O/c1-14(2,9-18)8-11(17-3)6-10-4-5-13(16)12(15)7-10/h4-5,7,9,11,17H,6,8,16H2,1-3H3/t11-/m0/s1. The number of nitrogens with one attached hydrogen (secondary N) is 1. The summed E-state index contributed by atoms with van der Waals surface area (Å²) >= 11 is 0. The number of benzene rings is 1. The molecule has 3 N–H and O–H groups in total. The summed E-state index contributed by atoms with van der Waals surface area (Å²) < 4.78 is 13.3. The second-order valence-electron chi connectivity index (χ2n) is 5.36. The Bertz CT molecular complexity index is 418. The van der Waals surface area contributed by atoms with Crippen molar-refractivity contribution in [3.63, 3.8) is 0 Å². The van der Waals surface area contributed by atoms with Gasteiger partial charge in [0.2, 0.25) is 0 Å². The zero-order chi connectivity index (χ0) is 13.8. The van der Waals surface area contributed by atoms with Gasteiger partial charge in [-0.1, -0.05) is 19.9 Å². The number of halogens is 1. The summed E-state index contributed by atoms with van der Waals surface area (Å²) in [6, 6.07) is 4.97. The highest BCUT2D eigenvalue weighted by atomic mass is 19.1. The van der Waals surface area contributed by atoms with Crippen LogP contribution in [0.2, 0.25) is 0 Å². The van der Waals surface area contributed by atoms with Gasteiger partial charge >= 0.3 is 0 Å². The van der Waals surface area contributed by atoms with Gasteiger partial charge in [-0.3, -0.25) is 0 Å². The molecule has 0 aliphatic heterocycles. The lowest BCUT2D eigenvalue weighted by molar-refractivity contribution is -0.115. The topological polar surface area (TPSA) is 55.1 Å². The number of anilines is 1. The third-order valence-electron chi connectivity index (χ3n) is 3.05. The molecule has 0 aliphatic rings. The Morgan fingerprint density at radius 3 is 2.67 bits per heavy atom. The van der Waals surface area contributed by atoms with Gasteiger partial charge in [-0.15, -0.1) is 0 Å². The molecule has 1 aromatic carbocycles. The third kappa shape index (κ3) is 4.11. The van der Waals surface area contributed by atoms with Gasteiger partial charge in [-0.05, 0) is 37.6 Å². The number of likely N-dealkylation sites (N-methyl/N-ethyl adjacent to an activating group) is 1. The van der Waals surface area contributed by atoms with E-state index in [0.29, 0.717) is 12.8 Å². The van der Waals surface area contributed by atoms with Crippen molar-refractivity contribution in [2.24, 2.45) is 5.41 Å². The molecule has 100 valence electrons. The number of rotatable bonds is 6. The van der Waals surface area contributed by atoms with Crippen molar-refractivity contribution in [2.45, 2.75) is 32.7 Å². The van der Waals surface area contributed by atoms with E-state index < -0.39 is 5.82 Å². The van der Waals surface area contributed by atoms with Crippen LogP contribution in [0.1, 0.15) is 25.8 Å². The molecule has 0 aliphatic carbocycles. The predicted molar refractivity (Wildman–Crippen MR) is 71.8 cm³/mol. The van der Waals surface area contributed by atoms with E-state index in [1.165, 1.54) is 6.07 Å². The lowest BCUT2D eigenvalue weighted by Gasteiger charge is -2.24. The molecular formula is C14H21FN2O. The number of carbonyl (C=O) groups excluding carboxylic acids is 1. The minimum absolute atomic E-state index is 0.133. The van der Waals surface area contributed by atoms with Gasteiger partial charge in [0.05, 0.1) is 5.69 Å². The summed E-state index contributed by atoms with van der Waals surface area (Å²) in [5.41, 5.74) is 6.10. The molecule has 0 fully saturated rings. The van der Waals surface area contributed by atoms with Crippen molar-refractivity contribution in [1.82, 2.24) is 5.32 Å². The maximum Gasteiger partial charge on any atom is 0.146 e. The Labute approximate surface area is 108 Å². The van der Waals surface area contributed by atoms with E-state index in [1.54, 1.807) is 6.07 Å². The Morgan fingerprint density at radius 2 is 2.17 bits per heavy atom. The highest BCUT2D eigenvalue weighted by molar-refractivity contribution is 5.57. The monoisotopic (exact) mass is 252 g/mol. The van der Waals surface area contributed by atoms with E-state index in [4.69, 9.17) is 5.73 Å². The Morgan fingerprint density at radius 1 is 1.50 bits per heavy atom. The van der Waals surface area contributed by atoms with Gasteiger partial charge in [-0.25, -0.2) is 4.39 Å². The molecule has 0 spiro atoms. The number of nitrogens with two attached hydrogens (primary N) is 1. The molecule has 0 bridgehead atoms. The lowest BCUT2D eigenvalue weighted by atomic mass is 9.85. The number of hydrogen-bond acceptors (Lipinski definition) is 3. The van der Waals surface area contributed by atoms with Crippen LogP contribution in [-0.4, -0.2) is 19.4 Å². The van der Waals surface area contributed by atoms with Gasteiger partial charge in [0.25, 0.3) is 0 Å². The van der Waals surface area contributed by atoms with E-state index in [9.17, 15) is 9.18 Å². The minimum atomic E-state index is -0.392. The van der Waals surface area contributed by atoms with Crippen LogP contribution in [0.25, 0.3) is 0 Å². The molecule has 0 radical (unpaired) electrons. The van der Waals surface area contributed by atoms with Gasteiger partial charge < -0.3 is 15.8 Å². The molecule has 0 saturated heterocycles. The lowest BCUT2D eigenvalue weighted by Crippen LogP contribution is -2.33. The van der Waals surface area contributed by atoms with Crippen molar-refractivity contribution in [3.05, 3.63) is 29.6 Å². The number of carbonyl (C=O) groups is 1. The van der Waals surface area contributed by atoms with Crippen LogP contribution in [0.4, 0.5) is 10.1 Å². The summed E-state index contributed by atoms with van der Waals surface area (Å²) in [5.74, 6) is -0.392. The van der Waals surface area contributed by atoms with Gasteiger partial charge in [-0.2, -0.15) is 0 Å². The number of nitrogen functional groups attached to an aromatic ring is 1. The largest absolute Gasteiger partial charge is 0.396 e. The second kappa shape index (κ2) is 5.96. The van der Waals surface area contributed by atoms with Crippen LogP contribution >= 0.6 is 0 Å². The van der Waals surface area contributed by atoms with Crippen molar-refractivity contribution in [2.75, 3.05) is 12.8 Å². The van der Waals surface area contributed by atoms with Gasteiger partial charge in [0, 0.05) is 11.5 Å².